The van der Waals surface area contributed by atoms with Crippen molar-refractivity contribution in [2.75, 3.05) is 11.9 Å². The van der Waals surface area contributed by atoms with Gasteiger partial charge in [-0.05, 0) is 31.2 Å². The van der Waals surface area contributed by atoms with Gasteiger partial charge in [0.2, 0.25) is 0 Å². The van der Waals surface area contributed by atoms with Gasteiger partial charge >= 0.3 is 17.8 Å². The molecule has 0 aliphatic heterocycles. The van der Waals surface area contributed by atoms with E-state index in [0.717, 1.165) is 0 Å². The first-order chi connectivity index (χ1) is 10.1. The number of benzene rings is 1. The van der Waals surface area contributed by atoms with Crippen LogP contribution in [0.5, 0.6) is 0 Å². The Balaban J connectivity index is 2.03. The number of hydrogen-bond donors (Lipinski definition) is 2. The van der Waals surface area contributed by atoms with Crippen LogP contribution in [0.1, 0.15) is 28.0 Å². The molecule has 7 nitrogen and oxygen atoms in total. The lowest BCUT2D eigenvalue weighted by molar-refractivity contribution is 0.0919. The Hall–Kier alpha value is -2.42. The lowest BCUT2D eigenvalue weighted by atomic mass is 10.2. The highest BCUT2D eigenvalue weighted by atomic mass is 32.2. The highest BCUT2D eigenvalue weighted by Crippen LogP contribution is 2.19. The first kappa shape index (κ1) is 15.0. The average Bonchev–Trinajstić information content (AvgIpc) is 2.96. The molecule has 0 atom stereocenters. The quantitative estimate of drug-likeness (QED) is 0.877. The second kappa shape index (κ2) is 6.84. The summed E-state index contributed by atoms with van der Waals surface area (Å²) in [4.78, 5) is 23.7. The van der Waals surface area contributed by atoms with Crippen LogP contribution in [-0.4, -0.2) is 28.6 Å². The number of aromatic nitrogens is 2. The van der Waals surface area contributed by atoms with Crippen molar-refractivity contribution in [2.24, 2.45) is 0 Å². The third kappa shape index (κ3) is 3.78. The molecule has 0 aliphatic carbocycles. The minimum atomic E-state index is -0.519. The maximum atomic E-state index is 12.3. The Kier molecular flexibility index (Phi) is 4.88. The lowest BCUT2D eigenvalue weighted by Crippen LogP contribution is -2.22. The van der Waals surface area contributed by atoms with Gasteiger partial charge in [0.15, 0.2) is 0 Å². The third-order valence-electron chi connectivity index (χ3n) is 2.38. The summed E-state index contributed by atoms with van der Waals surface area (Å²) in [6.45, 7) is 2.16. The molecule has 2 N–H and O–H groups in total. The van der Waals surface area contributed by atoms with Crippen molar-refractivity contribution in [1.29, 1.82) is 0 Å². The summed E-state index contributed by atoms with van der Waals surface area (Å²) < 4.78 is 17.3. The third-order valence-corrected chi connectivity index (χ3v) is 2.83. The summed E-state index contributed by atoms with van der Waals surface area (Å²) in [6, 6.07) is 5.66. The topological polar surface area (TPSA) is 97.1 Å². The van der Waals surface area contributed by atoms with Gasteiger partial charge < -0.3 is 9.73 Å². The van der Waals surface area contributed by atoms with Gasteiger partial charge in [0.25, 0.3) is 5.91 Å². The molecule has 0 unspecified atom stereocenters. The second-order valence-electron chi connectivity index (χ2n) is 3.83. The van der Waals surface area contributed by atoms with Crippen molar-refractivity contribution in [3.05, 3.63) is 35.7 Å². The van der Waals surface area contributed by atoms with E-state index in [1.165, 1.54) is 24.3 Å². The standard InChI is InChI=1S/C12H11FN4O3S/c1-2-14-10(19)11-16-17-12(20-11)15-9(18)7-3-5-8(21-13)6-4-7/h3-6H,2H2,1H3,(H,14,19)(H,15,17,18). The zero-order valence-corrected chi connectivity index (χ0v) is 11.7. The molecule has 0 radical (unpaired) electrons. The highest BCUT2D eigenvalue weighted by molar-refractivity contribution is 7.94. The van der Waals surface area contributed by atoms with Crippen LogP contribution in [0.15, 0.2) is 33.6 Å². The molecule has 2 amide bonds. The van der Waals surface area contributed by atoms with E-state index >= 15 is 0 Å². The molecule has 0 saturated heterocycles. The molecule has 2 rings (SSSR count). The average molecular weight is 310 g/mol. The molecule has 1 heterocycles. The van der Waals surface area contributed by atoms with E-state index in [2.05, 4.69) is 20.8 Å². The summed E-state index contributed by atoms with van der Waals surface area (Å²) in [6.07, 6.45) is 0. The molecule has 110 valence electrons. The minimum absolute atomic E-state index is 0.0873. The van der Waals surface area contributed by atoms with Crippen molar-refractivity contribution in [3.63, 3.8) is 0 Å². The number of nitrogens with zero attached hydrogens (tertiary/aromatic N) is 2. The summed E-state index contributed by atoms with van der Waals surface area (Å²) >= 11 is 0.0873. The first-order valence-electron chi connectivity index (χ1n) is 5.95. The Morgan fingerprint density at radius 1 is 1.24 bits per heavy atom. The molecule has 0 saturated carbocycles. The molecule has 0 aliphatic rings. The van der Waals surface area contributed by atoms with E-state index < -0.39 is 11.8 Å². The van der Waals surface area contributed by atoms with Crippen molar-refractivity contribution >= 4 is 30.0 Å². The molecule has 1 aromatic heterocycles. The van der Waals surface area contributed by atoms with Crippen LogP contribution in [0.4, 0.5) is 9.90 Å². The van der Waals surface area contributed by atoms with Crippen LogP contribution in [0, 0.1) is 0 Å². The van der Waals surface area contributed by atoms with Gasteiger partial charge in [-0.15, -0.1) is 5.10 Å². The van der Waals surface area contributed by atoms with Gasteiger partial charge in [-0.2, -0.15) is 3.89 Å². The van der Waals surface area contributed by atoms with Crippen LogP contribution in [0.2, 0.25) is 0 Å². The number of anilines is 1. The summed E-state index contributed by atoms with van der Waals surface area (Å²) in [5, 5.41) is 11.9. The zero-order valence-electron chi connectivity index (χ0n) is 10.9. The number of carbonyl (C=O) groups excluding carboxylic acids is 2. The zero-order chi connectivity index (χ0) is 15.2. The Morgan fingerprint density at radius 3 is 2.57 bits per heavy atom. The van der Waals surface area contributed by atoms with Crippen LogP contribution in [0.3, 0.4) is 0 Å². The first-order valence-corrected chi connectivity index (χ1v) is 6.67. The van der Waals surface area contributed by atoms with Crippen molar-refractivity contribution in [3.8, 4) is 0 Å². The SMILES string of the molecule is CCNC(=O)c1nnc(NC(=O)c2ccc(SF)cc2)o1. The number of halogens is 1. The molecule has 0 bridgehead atoms. The van der Waals surface area contributed by atoms with Crippen LogP contribution >= 0.6 is 12.1 Å². The van der Waals surface area contributed by atoms with Crippen molar-refractivity contribution < 1.29 is 17.9 Å². The largest absolute Gasteiger partial charge is 0.399 e. The Labute approximate surface area is 123 Å². The van der Waals surface area contributed by atoms with Gasteiger partial charge in [0, 0.05) is 17.0 Å². The Morgan fingerprint density at radius 2 is 1.95 bits per heavy atom. The van der Waals surface area contributed by atoms with Crippen LogP contribution < -0.4 is 10.6 Å². The number of rotatable bonds is 5. The normalized spacial score (nSPS) is 10.2. The van der Waals surface area contributed by atoms with E-state index in [4.69, 9.17) is 4.42 Å². The molecule has 0 fully saturated rings. The minimum Gasteiger partial charge on any atom is -0.399 e. The van der Waals surface area contributed by atoms with Gasteiger partial charge in [-0.25, -0.2) is 0 Å². The molecule has 2 aromatic rings. The molecule has 9 heteroatoms. The Bertz CT molecular complexity index is 644. The molecular weight excluding hydrogens is 299 g/mol. The smallest absolute Gasteiger partial charge is 0.322 e. The predicted molar refractivity (Wildman–Crippen MR) is 73.7 cm³/mol. The van der Waals surface area contributed by atoms with Crippen molar-refractivity contribution in [1.82, 2.24) is 15.5 Å². The number of hydrogen-bond acceptors (Lipinski definition) is 6. The fraction of sp³-hybridized carbons (Fsp3) is 0.167. The molecular formula is C12H11FN4O3S. The van der Waals surface area contributed by atoms with Crippen LogP contribution in [0.25, 0.3) is 0 Å². The van der Waals surface area contributed by atoms with Gasteiger partial charge in [-0.1, -0.05) is 5.10 Å². The number of nitrogens with one attached hydrogen (secondary N) is 2. The molecule has 1 aromatic carbocycles. The fourth-order valence-corrected chi connectivity index (χ4v) is 1.67. The van der Waals surface area contributed by atoms with E-state index in [0.29, 0.717) is 17.0 Å². The monoisotopic (exact) mass is 310 g/mol. The molecule has 0 spiro atoms. The van der Waals surface area contributed by atoms with E-state index in [1.807, 2.05) is 0 Å². The number of carbonyl (C=O) groups is 2. The summed E-state index contributed by atoms with van der Waals surface area (Å²) in [5.41, 5.74) is 0.297. The second-order valence-corrected chi connectivity index (χ2v) is 4.45. The van der Waals surface area contributed by atoms with Crippen LogP contribution in [-0.2, 0) is 0 Å². The van der Waals surface area contributed by atoms with E-state index in [9.17, 15) is 13.5 Å². The maximum absolute atomic E-state index is 12.3. The van der Waals surface area contributed by atoms with Gasteiger partial charge in [0.1, 0.15) is 0 Å². The highest BCUT2D eigenvalue weighted by Gasteiger charge is 2.16. The number of amides is 2. The molecule has 21 heavy (non-hydrogen) atoms. The van der Waals surface area contributed by atoms with E-state index in [1.54, 1.807) is 6.92 Å². The lowest BCUT2D eigenvalue weighted by Gasteiger charge is -2.00. The van der Waals surface area contributed by atoms with Gasteiger partial charge in [0.05, 0.1) is 12.1 Å². The summed E-state index contributed by atoms with van der Waals surface area (Å²) in [5.74, 6) is -1.26. The van der Waals surface area contributed by atoms with Crippen molar-refractivity contribution in [2.45, 2.75) is 11.8 Å². The van der Waals surface area contributed by atoms with Gasteiger partial charge in [-0.3, -0.25) is 14.9 Å². The van der Waals surface area contributed by atoms with E-state index in [-0.39, 0.29) is 24.1 Å². The maximum Gasteiger partial charge on any atom is 0.322 e. The predicted octanol–water partition coefficient (Wildman–Crippen LogP) is 2.05. The fourth-order valence-electron chi connectivity index (χ4n) is 1.43. The summed E-state index contributed by atoms with van der Waals surface area (Å²) in [7, 11) is 0.